The van der Waals surface area contributed by atoms with Crippen LogP contribution in [0.4, 0.5) is 0 Å². The predicted octanol–water partition coefficient (Wildman–Crippen LogP) is 3.68. The van der Waals surface area contributed by atoms with E-state index >= 15 is 0 Å². The maximum atomic E-state index is 12.7. The lowest BCUT2D eigenvalue weighted by Gasteiger charge is -2.17. The van der Waals surface area contributed by atoms with Crippen molar-refractivity contribution in [2.45, 2.75) is 20.8 Å². The molecule has 0 saturated carbocycles. The van der Waals surface area contributed by atoms with E-state index in [1.165, 1.54) is 5.12 Å². The smallest absolute Gasteiger partial charge is 0.270 e. The lowest BCUT2D eigenvalue weighted by Crippen LogP contribution is -2.33. The quantitative estimate of drug-likeness (QED) is 0.798. The molecule has 0 N–H and O–H groups in total. The molecule has 4 heteroatoms. The Labute approximate surface area is 136 Å². The van der Waals surface area contributed by atoms with Gasteiger partial charge in [0.1, 0.15) is 0 Å². The highest BCUT2D eigenvalue weighted by Gasteiger charge is 2.44. The molecule has 1 amide bonds. The summed E-state index contributed by atoms with van der Waals surface area (Å²) in [5.74, 6) is -0.119. The summed E-state index contributed by atoms with van der Waals surface area (Å²) in [6.45, 7) is 5.65. The molecule has 116 valence electrons. The van der Waals surface area contributed by atoms with Crippen LogP contribution in [0.5, 0.6) is 0 Å². The zero-order valence-electron chi connectivity index (χ0n) is 13.5. The van der Waals surface area contributed by atoms with Crippen LogP contribution in [0.3, 0.4) is 0 Å². The van der Waals surface area contributed by atoms with Crippen molar-refractivity contribution in [3.8, 4) is 0 Å². The van der Waals surface area contributed by atoms with Crippen LogP contribution in [-0.4, -0.2) is 22.4 Å². The monoisotopic (exact) mass is 305 g/mol. The van der Waals surface area contributed by atoms with E-state index in [-0.39, 0.29) is 5.91 Å². The van der Waals surface area contributed by atoms with Crippen molar-refractivity contribution in [3.63, 3.8) is 0 Å². The van der Waals surface area contributed by atoms with Gasteiger partial charge in [-0.1, -0.05) is 60.7 Å². The maximum Gasteiger partial charge on any atom is 0.276 e. The average molecular weight is 305 g/mol. The Hall–Kier alpha value is -2.75. The van der Waals surface area contributed by atoms with Crippen molar-refractivity contribution in [1.29, 1.82) is 0 Å². The van der Waals surface area contributed by atoms with Gasteiger partial charge in [0.2, 0.25) is 0 Å². The minimum absolute atomic E-state index is 0.119. The van der Waals surface area contributed by atoms with Crippen molar-refractivity contribution in [1.82, 2.24) is 5.12 Å². The highest BCUT2D eigenvalue weighted by Crippen LogP contribution is 2.32. The van der Waals surface area contributed by atoms with Gasteiger partial charge in [-0.25, -0.2) is 0 Å². The lowest BCUT2D eigenvalue weighted by atomic mass is 9.84. The van der Waals surface area contributed by atoms with Crippen molar-refractivity contribution in [2.24, 2.45) is 15.6 Å². The van der Waals surface area contributed by atoms with Crippen molar-refractivity contribution in [2.75, 3.05) is 0 Å². The SMILES string of the molecule is CC(=NN1N=C(c2ccccc2)C(C)(C)C1=O)c1ccccc1. The second-order valence-electron chi connectivity index (χ2n) is 6.09. The first-order chi connectivity index (χ1) is 11.0. The van der Waals surface area contributed by atoms with E-state index in [2.05, 4.69) is 10.2 Å². The third kappa shape index (κ3) is 2.80. The second-order valence-corrected chi connectivity index (χ2v) is 6.09. The van der Waals surface area contributed by atoms with Gasteiger partial charge >= 0.3 is 0 Å². The zero-order valence-corrected chi connectivity index (χ0v) is 13.5. The van der Waals surface area contributed by atoms with Gasteiger partial charge < -0.3 is 0 Å². The van der Waals surface area contributed by atoms with E-state index in [0.717, 1.165) is 22.6 Å². The Morgan fingerprint density at radius 1 is 1.00 bits per heavy atom. The summed E-state index contributed by atoms with van der Waals surface area (Å²) in [7, 11) is 0. The molecule has 1 aliphatic heterocycles. The number of nitrogens with zero attached hydrogens (tertiary/aromatic N) is 3. The van der Waals surface area contributed by atoms with Crippen LogP contribution in [0.1, 0.15) is 31.9 Å². The van der Waals surface area contributed by atoms with E-state index in [1.807, 2.05) is 81.4 Å². The Kier molecular flexibility index (Phi) is 3.82. The Morgan fingerprint density at radius 3 is 2.17 bits per heavy atom. The molecule has 0 bridgehead atoms. The fourth-order valence-corrected chi connectivity index (χ4v) is 2.58. The maximum absolute atomic E-state index is 12.7. The van der Waals surface area contributed by atoms with Gasteiger partial charge in [-0.15, -0.1) is 5.12 Å². The van der Waals surface area contributed by atoms with Gasteiger partial charge in [0, 0.05) is 0 Å². The van der Waals surface area contributed by atoms with Crippen LogP contribution in [0, 0.1) is 5.41 Å². The molecule has 23 heavy (non-hydrogen) atoms. The number of rotatable bonds is 3. The predicted molar refractivity (Wildman–Crippen MR) is 92.3 cm³/mol. The second kappa shape index (κ2) is 5.80. The number of hydrogen-bond acceptors (Lipinski definition) is 3. The fraction of sp³-hybridized carbons (Fsp3) is 0.211. The van der Waals surface area contributed by atoms with Crippen LogP contribution >= 0.6 is 0 Å². The normalized spacial score (nSPS) is 17.3. The summed E-state index contributed by atoms with van der Waals surface area (Å²) in [6, 6.07) is 19.5. The van der Waals surface area contributed by atoms with Gasteiger partial charge in [-0.05, 0) is 31.9 Å². The standard InChI is InChI=1S/C19H19N3O/c1-14(15-10-6-4-7-11-15)20-22-18(23)19(2,3)17(21-22)16-12-8-5-9-13-16/h4-13H,1-3H3. The summed E-state index contributed by atoms with van der Waals surface area (Å²) in [5.41, 5.74) is 2.73. The number of carbonyl (C=O) groups excluding carboxylic acids is 1. The van der Waals surface area contributed by atoms with Gasteiger partial charge in [0.25, 0.3) is 5.91 Å². The first-order valence-corrected chi connectivity index (χ1v) is 7.60. The van der Waals surface area contributed by atoms with Crippen LogP contribution < -0.4 is 0 Å². The molecule has 0 aliphatic carbocycles. The van der Waals surface area contributed by atoms with E-state index in [0.29, 0.717) is 0 Å². The first-order valence-electron chi connectivity index (χ1n) is 7.60. The molecule has 0 spiro atoms. The molecule has 0 aromatic heterocycles. The fourth-order valence-electron chi connectivity index (χ4n) is 2.58. The Morgan fingerprint density at radius 2 is 1.57 bits per heavy atom. The van der Waals surface area contributed by atoms with Gasteiger partial charge in [0.05, 0.1) is 16.8 Å². The Balaban J connectivity index is 1.98. The molecule has 2 aromatic carbocycles. The van der Waals surface area contributed by atoms with Crippen molar-refractivity contribution in [3.05, 3.63) is 71.8 Å². The molecule has 1 heterocycles. The van der Waals surface area contributed by atoms with Crippen LogP contribution in [-0.2, 0) is 4.79 Å². The molecule has 0 unspecified atom stereocenters. The zero-order chi connectivity index (χ0) is 16.4. The van der Waals surface area contributed by atoms with E-state index in [1.54, 1.807) is 0 Å². The summed E-state index contributed by atoms with van der Waals surface area (Å²) < 4.78 is 0. The minimum Gasteiger partial charge on any atom is -0.270 e. The van der Waals surface area contributed by atoms with Crippen molar-refractivity contribution < 1.29 is 4.79 Å². The summed E-state index contributed by atoms with van der Waals surface area (Å²) in [6.07, 6.45) is 0. The average Bonchev–Trinajstić information content (AvgIpc) is 2.80. The molecular weight excluding hydrogens is 286 g/mol. The largest absolute Gasteiger partial charge is 0.276 e. The van der Waals surface area contributed by atoms with E-state index < -0.39 is 5.41 Å². The van der Waals surface area contributed by atoms with E-state index in [9.17, 15) is 4.79 Å². The van der Waals surface area contributed by atoms with Gasteiger partial charge in [0.15, 0.2) is 0 Å². The summed E-state index contributed by atoms with van der Waals surface area (Å²) in [4.78, 5) is 12.7. The molecule has 1 aliphatic rings. The van der Waals surface area contributed by atoms with Crippen LogP contribution in [0.25, 0.3) is 0 Å². The topological polar surface area (TPSA) is 45.0 Å². The van der Waals surface area contributed by atoms with E-state index in [4.69, 9.17) is 0 Å². The number of carbonyl (C=O) groups is 1. The number of benzene rings is 2. The van der Waals surface area contributed by atoms with Crippen LogP contribution in [0.2, 0.25) is 0 Å². The van der Waals surface area contributed by atoms with Gasteiger partial charge in [-0.2, -0.15) is 10.2 Å². The van der Waals surface area contributed by atoms with Crippen LogP contribution in [0.15, 0.2) is 70.9 Å². The molecule has 0 atom stereocenters. The Bertz CT molecular complexity index is 777. The minimum atomic E-state index is -0.693. The first kappa shape index (κ1) is 15.2. The molecule has 2 aromatic rings. The summed E-state index contributed by atoms with van der Waals surface area (Å²) >= 11 is 0. The molecule has 4 nitrogen and oxygen atoms in total. The third-order valence-electron chi connectivity index (χ3n) is 3.99. The van der Waals surface area contributed by atoms with Gasteiger partial charge in [-0.3, -0.25) is 4.79 Å². The molecule has 3 rings (SSSR count). The summed E-state index contributed by atoms with van der Waals surface area (Å²) in [5, 5.41) is 10.1. The van der Waals surface area contributed by atoms with Crippen molar-refractivity contribution >= 4 is 17.3 Å². The molecule has 0 fully saturated rings. The molecule has 0 radical (unpaired) electrons. The number of hydrazone groups is 2. The highest BCUT2D eigenvalue weighted by molar-refractivity contribution is 6.19. The third-order valence-corrected chi connectivity index (χ3v) is 3.99. The highest BCUT2D eigenvalue weighted by atomic mass is 16.2. The number of amides is 1. The molecule has 0 saturated heterocycles. The lowest BCUT2D eigenvalue weighted by molar-refractivity contribution is -0.134. The molecular formula is C19H19N3O. The number of hydrogen-bond donors (Lipinski definition) is 0.